The lowest BCUT2D eigenvalue weighted by molar-refractivity contribution is 0.762. The summed E-state index contributed by atoms with van der Waals surface area (Å²) in [6, 6.07) is 6.03. The van der Waals surface area contributed by atoms with Gasteiger partial charge in [0.2, 0.25) is 0 Å². The number of rotatable bonds is 4. The Kier molecular flexibility index (Phi) is 4.20. The van der Waals surface area contributed by atoms with Gasteiger partial charge in [-0.05, 0) is 17.9 Å². The molecule has 1 atom stereocenters. The van der Waals surface area contributed by atoms with Gasteiger partial charge in [-0.2, -0.15) is 0 Å². The van der Waals surface area contributed by atoms with Crippen LogP contribution < -0.4 is 5.32 Å². The van der Waals surface area contributed by atoms with E-state index in [-0.39, 0.29) is 6.04 Å². The molecule has 2 heterocycles. The van der Waals surface area contributed by atoms with Crippen LogP contribution in [0.5, 0.6) is 0 Å². The third-order valence-electron chi connectivity index (χ3n) is 2.34. The first-order valence-corrected chi connectivity index (χ1v) is 6.83. The molecule has 0 fully saturated rings. The summed E-state index contributed by atoms with van der Waals surface area (Å²) in [4.78, 5) is 1.26. The fourth-order valence-electron chi connectivity index (χ4n) is 1.51. The Bertz CT molecular complexity index is 487. The van der Waals surface area contributed by atoms with Crippen LogP contribution in [-0.4, -0.2) is 10.2 Å². The first kappa shape index (κ1) is 12.6. The van der Waals surface area contributed by atoms with Crippen molar-refractivity contribution in [3.8, 4) is 0 Å². The second kappa shape index (κ2) is 5.67. The molecule has 17 heavy (non-hydrogen) atoms. The highest BCUT2D eigenvalue weighted by molar-refractivity contribution is 7.10. The minimum atomic E-state index is 0.216. The minimum Gasteiger partial charge on any atom is -0.375 e. The van der Waals surface area contributed by atoms with E-state index in [0.717, 1.165) is 6.42 Å². The maximum absolute atomic E-state index is 5.97. The smallest absolute Gasteiger partial charge is 0.174 e. The van der Waals surface area contributed by atoms with Crippen molar-refractivity contribution in [1.82, 2.24) is 10.2 Å². The van der Waals surface area contributed by atoms with Crippen LogP contribution in [0.4, 0.5) is 5.69 Å². The monoisotopic (exact) mass is 287 g/mol. The zero-order valence-electron chi connectivity index (χ0n) is 9.15. The van der Waals surface area contributed by atoms with Crippen LogP contribution in [0.15, 0.2) is 23.6 Å². The molecular weight excluding hydrogens is 277 g/mol. The topological polar surface area (TPSA) is 37.8 Å². The SMILES string of the molecule is CCC(Nc1cc(Cl)nnc1Cl)c1cccs1. The van der Waals surface area contributed by atoms with Crippen molar-refractivity contribution >= 4 is 40.2 Å². The Morgan fingerprint density at radius 2 is 2.24 bits per heavy atom. The molecule has 0 aliphatic carbocycles. The van der Waals surface area contributed by atoms with Crippen molar-refractivity contribution in [3.05, 3.63) is 38.8 Å². The summed E-state index contributed by atoms with van der Waals surface area (Å²) >= 11 is 13.5. The van der Waals surface area contributed by atoms with Crippen LogP contribution in [0.2, 0.25) is 10.3 Å². The largest absolute Gasteiger partial charge is 0.375 e. The van der Waals surface area contributed by atoms with Crippen molar-refractivity contribution in [2.45, 2.75) is 19.4 Å². The quantitative estimate of drug-likeness (QED) is 0.905. The molecule has 0 amide bonds. The summed E-state index contributed by atoms with van der Waals surface area (Å²) in [5.41, 5.74) is 0.715. The van der Waals surface area contributed by atoms with E-state index in [1.807, 2.05) is 6.07 Å². The maximum Gasteiger partial charge on any atom is 0.174 e. The molecule has 0 aromatic carbocycles. The third kappa shape index (κ3) is 3.09. The standard InChI is InChI=1S/C11H11Cl2N3S/c1-2-7(9-4-3-5-17-9)14-8-6-10(12)15-16-11(8)13/h3-7H,2H2,1H3,(H,14,15). The van der Waals surface area contributed by atoms with E-state index in [1.54, 1.807) is 17.4 Å². The fraction of sp³-hybridized carbons (Fsp3) is 0.273. The molecule has 3 nitrogen and oxygen atoms in total. The Balaban J connectivity index is 2.21. The van der Waals surface area contributed by atoms with E-state index in [2.05, 4.69) is 33.9 Å². The highest BCUT2D eigenvalue weighted by Gasteiger charge is 2.13. The average molecular weight is 288 g/mol. The van der Waals surface area contributed by atoms with Gasteiger partial charge in [-0.1, -0.05) is 36.2 Å². The van der Waals surface area contributed by atoms with E-state index >= 15 is 0 Å². The number of nitrogens with one attached hydrogen (secondary N) is 1. The molecule has 1 N–H and O–H groups in total. The Hall–Kier alpha value is -0.840. The highest BCUT2D eigenvalue weighted by Crippen LogP contribution is 2.29. The van der Waals surface area contributed by atoms with Crippen LogP contribution in [0.3, 0.4) is 0 Å². The van der Waals surface area contributed by atoms with Gasteiger partial charge >= 0.3 is 0 Å². The predicted octanol–water partition coefficient (Wildman–Crippen LogP) is 4.41. The maximum atomic E-state index is 5.97. The van der Waals surface area contributed by atoms with E-state index in [9.17, 15) is 0 Å². The summed E-state index contributed by atoms with van der Waals surface area (Å²) < 4.78 is 0. The van der Waals surface area contributed by atoms with Crippen LogP contribution in [-0.2, 0) is 0 Å². The molecule has 2 rings (SSSR count). The second-order valence-electron chi connectivity index (χ2n) is 3.49. The van der Waals surface area contributed by atoms with Gasteiger partial charge in [-0.15, -0.1) is 21.5 Å². The number of aromatic nitrogens is 2. The van der Waals surface area contributed by atoms with Gasteiger partial charge in [0.05, 0.1) is 11.7 Å². The van der Waals surface area contributed by atoms with Gasteiger partial charge in [-0.3, -0.25) is 0 Å². The minimum absolute atomic E-state index is 0.216. The molecular formula is C11H11Cl2N3S. The van der Waals surface area contributed by atoms with Gasteiger partial charge < -0.3 is 5.32 Å². The number of anilines is 1. The second-order valence-corrected chi connectivity index (χ2v) is 5.22. The predicted molar refractivity (Wildman–Crippen MR) is 73.0 cm³/mol. The molecule has 0 radical (unpaired) electrons. The molecule has 90 valence electrons. The molecule has 0 aliphatic heterocycles. The van der Waals surface area contributed by atoms with Crippen LogP contribution in [0.25, 0.3) is 0 Å². The van der Waals surface area contributed by atoms with E-state index in [4.69, 9.17) is 23.2 Å². The number of nitrogens with zero attached hydrogens (tertiary/aromatic N) is 2. The summed E-state index contributed by atoms with van der Waals surface area (Å²) in [5, 5.41) is 13.5. The molecule has 2 aromatic heterocycles. The molecule has 6 heteroatoms. The highest BCUT2D eigenvalue weighted by atomic mass is 35.5. The lowest BCUT2D eigenvalue weighted by atomic mass is 10.2. The zero-order valence-corrected chi connectivity index (χ0v) is 11.5. The molecule has 0 aliphatic rings. The summed E-state index contributed by atoms with van der Waals surface area (Å²) in [5.74, 6) is 0. The van der Waals surface area contributed by atoms with Gasteiger partial charge in [0.1, 0.15) is 0 Å². The number of thiophene rings is 1. The van der Waals surface area contributed by atoms with Crippen LogP contribution in [0.1, 0.15) is 24.3 Å². The Labute approximate surface area is 114 Å². The van der Waals surface area contributed by atoms with Crippen LogP contribution >= 0.6 is 34.5 Å². The van der Waals surface area contributed by atoms with Crippen molar-refractivity contribution < 1.29 is 0 Å². The molecule has 1 unspecified atom stereocenters. The van der Waals surface area contributed by atoms with Crippen LogP contribution in [0, 0.1) is 0 Å². The first-order chi connectivity index (χ1) is 8.20. The molecule has 0 saturated heterocycles. The van der Waals surface area contributed by atoms with E-state index < -0.39 is 0 Å². The fourth-order valence-corrected chi connectivity index (χ4v) is 2.66. The summed E-state index contributed by atoms with van der Waals surface area (Å²) in [7, 11) is 0. The average Bonchev–Trinajstić information content (AvgIpc) is 2.84. The van der Waals surface area contributed by atoms with Crippen molar-refractivity contribution in [1.29, 1.82) is 0 Å². The van der Waals surface area contributed by atoms with E-state index in [0.29, 0.717) is 16.0 Å². The van der Waals surface area contributed by atoms with Crippen molar-refractivity contribution in [3.63, 3.8) is 0 Å². The summed E-state index contributed by atoms with van der Waals surface area (Å²) in [6.07, 6.45) is 0.955. The third-order valence-corrected chi connectivity index (χ3v) is 3.79. The number of hydrogen-bond acceptors (Lipinski definition) is 4. The lowest BCUT2D eigenvalue weighted by Crippen LogP contribution is -2.09. The normalized spacial score (nSPS) is 12.4. The Morgan fingerprint density at radius 3 is 2.88 bits per heavy atom. The van der Waals surface area contributed by atoms with Crippen molar-refractivity contribution in [2.24, 2.45) is 0 Å². The van der Waals surface area contributed by atoms with Gasteiger partial charge in [0, 0.05) is 10.9 Å². The van der Waals surface area contributed by atoms with Gasteiger partial charge in [-0.25, -0.2) is 0 Å². The van der Waals surface area contributed by atoms with Gasteiger partial charge in [0.25, 0.3) is 0 Å². The Morgan fingerprint density at radius 1 is 1.41 bits per heavy atom. The van der Waals surface area contributed by atoms with Crippen molar-refractivity contribution in [2.75, 3.05) is 5.32 Å². The van der Waals surface area contributed by atoms with Gasteiger partial charge in [0.15, 0.2) is 10.3 Å². The number of halogens is 2. The molecule has 0 bridgehead atoms. The summed E-state index contributed by atoms with van der Waals surface area (Å²) in [6.45, 7) is 2.11. The molecule has 0 saturated carbocycles. The zero-order chi connectivity index (χ0) is 12.3. The lowest BCUT2D eigenvalue weighted by Gasteiger charge is -2.17. The van der Waals surface area contributed by atoms with E-state index in [1.165, 1.54) is 4.88 Å². The first-order valence-electron chi connectivity index (χ1n) is 5.19. The number of hydrogen-bond donors (Lipinski definition) is 1. The molecule has 2 aromatic rings. The molecule has 0 spiro atoms.